The van der Waals surface area contributed by atoms with Crippen LogP contribution in [-0.4, -0.2) is 40.1 Å². The molecule has 1 aliphatic heterocycles. The van der Waals surface area contributed by atoms with Gasteiger partial charge in [0.15, 0.2) is 0 Å². The number of aryl methyl sites for hydroxylation is 1. The molecule has 2 heterocycles. The minimum Gasteiger partial charge on any atom is -0.378 e. The SMILES string of the molecule is CCNC(CCC1CCCCO1)Cc1ncnn1CC. The fourth-order valence-corrected chi connectivity index (χ4v) is 2.92. The number of hydrogen-bond acceptors (Lipinski definition) is 4. The Morgan fingerprint density at radius 2 is 2.35 bits per heavy atom. The van der Waals surface area contributed by atoms with Gasteiger partial charge < -0.3 is 10.1 Å². The zero-order chi connectivity index (χ0) is 14.2. The van der Waals surface area contributed by atoms with Crippen LogP contribution in [0.5, 0.6) is 0 Å². The topological polar surface area (TPSA) is 52.0 Å². The van der Waals surface area contributed by atoms with Crippen molar-refractivity contribution in [3.8, 4) is 0 Å². The van der Waals surface area contributed by atoms with E-state index >= 15 is 0 Å². The van der Waals surface area contributed by atoms with Gasteiger partial charge >= 0.3 is 0 Å². The molecule has 0 aromatic carbocycles. The number of likely N-dealkylation sites (N-methyl/N-ethyl adjacent to an activating group) is 1. The van der Waals surface area contributed by atoms with E-state index in [-0.39, 0.29) is 0 Å². The Morgan fingerprint density at radius 3 is 3.05 bits per heavy atom. The Labute approximate surface area is 122 Å². The number of nitrogens with zero attached hydrogens (tertiary/aromatic N) is 3. The first kappa shape index (κ1) is 15.4. The van der Waals surface area contributed by atoms with Gasteiger partial charge in [0.25, 0.3) is 0 Å². The fourth-order valence-electron chi connectivity index (χ4n) is 2.92. The molecule has 1 fully saturated rings. The Bertz CT molecular complexity index is 374. The van der Waals surface area contributed by atoms with Crippen LogP contribution in [-0.2, 0) is 17.7 Å². The lowest BCUT2D eigenvalue weighted by Gasteiger charge is -2.25. The van der Waals surface area contributed by atoms with Crippen LogP contribution in [0.15, 0.2) is 6.33 Å². The summed E-state index contributed by atoms with van der Waals surface area (Å²) in [5, 5.41) is 7.83. The number of hydrogen-bond donors (Lipinski definition) is 1. The Kier molecular flexibility index (Phi) is 6.47. The average Bonchev–Trinajstić information content (AvgIpc) is 2.93. The number of rotatable bonds is 8. The van der Waals surface area contributed by atoms with Crippen LogP contribution in [0.2, 0.25) is 0 Å². The minimum atomic E-state index is 0.467. The zero-order valence-corrected chi connectivity index (χ0v) is 12.8. The molecule has 1 aromatic heterocycles. The molecule has 20 heavy (non-hydrogen) atoms. The van der Waals surface area contributed by atoms with Gasteiger partial charge in [-0.25, -0.2) is 4.98 Å². The van der Waals surface area contributed by atoms with Crippen molar-refractivity contribution < 1.29 is 4.74 Å². The lowest BCUT2D eigenvalue weighted by atomic mass is 10.00. The Balaban J connectivity index is 1.83. The monoisotopic (exact) mass is 280 g/mol. The second kappa shape index (κ2) is 8.37. The second-order valence-corrected chi connectivity index (χ2v) is 5.52. The van der Waals surface area contributed by atoms with Gasteiger partial charge in [-0.3, -0.25) is 4.68 Å². The van der Waals surface area contributed by atoms with Gasteiger partial charge in [0.05, 0.1) is 6.10 Å². The van der Waals surface area contributed by atoms with E-state index in [1.807, 2.05) is 4.68 Å². The smallest absolute Gasteiger partial charge is 0.138 e. The Hall–Kier alpha value is -0.940. The maximum atomic E-state index is 5.83. The quantitative estimate of drug-likeness (QED) is 0.793. The molecule has 1 saturated heterocycles. The van der Waals surface area contributed by atoms with Gasteiger partial charge in [-0.1, -0.05) is 6.92 Å². The highest BCUT2D eigenvalue weighted by Gasteiger charge is 2.18. The summed E-state index contributed by atoms with van der Waals surface area (Å²) >= 11 is 0. The first-order valence-corrected chi connectivity index (χ1v) is 8.05. The number of ether oxygens (including phenoxy) is 1. The summed E-state index contributed by atoms with van der Waals surface area (Å²) in [6.07, 6.45) is 9.15. The van der Waals surface area contributed by atoms with Crippen LogP contribution in [0.4, 0.5) is 0 Å². The van der Waals surface area contributed by atoms with Gasteiger partial charge in [-0.2, -0.15) is 5.10 Å². The molecule has 5 heteroatoms. The third kappa shape index (κ3) is 4.56. The Morgan fingerprint density at radius 1 is 1.45 bits per heavy atom. The lowest BCUT2D eigenvalue weighted by molar-refractivity contribution is 0.00856. The van der Waals surface area contributed by atoms with Gasteiger partial charge in [0.1, 0.15) is 12.2 Å². The number of nitrogens with one attached hydrogen (secondary N) is 1. The van der Waals surface area contributed by atoms with Crippen LogP contribution in [0.3, 0.4) is 0 Å². The summed E-state index contributed by atoms with van der Waals surface area (Å²) in [6, 6.07) is 0.472. The minimum absolute atomic E-state index is 0.467. The molecule has 0 saturated carbocycles. The highest BCUT2D eigenvalue weighted by molar-refractivity contribution is 4.90. The van der Waals surface area contributed by atoms with E-state index in [2.05, 4.69) is 29.2 Å². The molecule has 114 valence electrons. The third-order valence-electron chi connectivity index (χ3n) is 4.03. The zero-order valence-electron chi connectivity index (χ0n) is 12.8. The second-order valence-electron chi connectivity index (χ2n) is 5.52. The molecule has 1 aromatic rings. The molecule has 0 bridgehead atoms. The van der Waals surface area contributed by atoms with Crippen molar-refractivity contribution in [1.29, 1.82) is 0 Å². The summed E-state index contributed by atoms with van der Waals surface area (Å²) in [5.74, 6) is 1.09. The fraction of sp³-hybridized carbons (Fsp3) is 0.867. The summed E-state index contributed by atoms with van der Waals surface area (Å²) in [7, 11) is 0. The van der Waals surface area contributed by atoms with Gasteiger partial charge in [0, 0.05) is 25.6 Å². The van der Waals surface area contributed by atoms with Crippen molar-refractivity contribution in [2.45, 2.75) is 71.1 Å². The van der Waals surface area contributed by atoms with Crippen LogP contribution in [0.1, 0.15) is 51.8 Å². The predicted molar refractivity (Wildman–Crippen MR) is 79.7 cm³/mol. The number of aromatic nitrogens is 3. The first-order chi connectivity index (χ1) is 9.83. The molecule has 0 aliphatic carbocycles. The van der Waals surface area contributed by atoms with E-state index in [1.165, 1.54) is 19.3 Å². The van der Waals surface area contributed by atoms with Gasteiger partial charge in [0.2, 0.25) is 0 Å². The summed E-state index contributed by atoms with van der Waals surface area (Å²) in [5.41, 5.74) is 0. The van der Waals surface area contributed by atoms with Crippen molar-refractivity contribution in [2.24, 2.45) is 0 Å². The average molecular weight is 280 g/mol. The normalized spacial score (nSPS) is 21.0. The standard InChI is InChI=1S/C15H28N4O/c1-3-16-13(8-9-14-7-5-6-10-20-14)11-15-17-12-18-19(15)4-2/h12-14,16H,3-11H2,1-2H3. The maximum Gasteiger partial charge on any atom is 0.138 e. The third-order valence-corrected chi connectivity index (χ3v) is 4.03. The molecular weight excluding hydrogens is 252 g/mol. The highest BCUT2D eigenvalue weighted by atomic mass is 16.5. The summed E-state index contributed by atoms with van der Waals surface area (Å²) < 4.78 is 7.81. The van der Waals surface area contributed by atoms with Crippen LogP contribution in [0, 0.1) is 0 Å². The molecule has 2 atom stereocenters. The van der Waals surface area contributed by atoms with Crippen molar-refractivity contribution >= 4 is 0 Å². The van der Waals surface area contributed by atoms with E-state index in [0.717, 1.165) is 44.8 Å². The van der Waals surface area contributed by atoms with E-state index < -0.39 is 0 Å². The van der Waals surface area contributed by atoms with Crippen molar-refractivity contribution in [1.82, 2.24) is 20.1 Å². The van der Waals surface area contributed by atoms with E-state index in [9.17, 15) is 0 Å². The van der Waals surface area contributed by atoms with Crippen molar-refractivity contribution in [3.05, 3.63) is 12.2 Å². The van der Waals surface area contributed by atoms with E-state index in [1.54, 1.807) is 6.33 Å². The molecule has 2 rings (SSSR count). The molecule has 0 radical (unpaired) electrons. The molecule has 5 nitrogen and oxygen atoms in total. The maximum absolute atomic E-state index is 5.83. The molecule has 1 aliphatic rings. The molecule has 0 amide bonds. The van der Waals surface area contributed by atoms with Crippen LogP contribution in [0.25, 0.3) is 0 Å². The molecule has 0 spiro atoms. The van der Waals surface area contributed by atoms with Crippen molar-refractivity contribution in [2.75, 3.05) is 13.2 Å². The predicted octanol–water partition coefficient (Wildman–Crippen LogP) is 2.17. The first-order valence-electron chi connectivity index (χ1n) is 8.05. The summed E-state index contributed by atoms with van der Waals surface area (Å²) in [6.45, 7) is 7.10. The van der Waals surface area contributed by atoms with E-state index in [0.29, 0.717) is 12.1 Å². The van der Waals surface area contributed by atoms with Gasteiger partial charge in [-0.15, -0.1) is 0 Å². The van der Waals surface area contributed by atoms with Crippen molar-refractivity contribution in [3.63, 3.8) is 0 Å². The van der Waals surface area contributed by atoms with Crippen LogP contribution >= 0.6 is 0 Å². The highest BCUT2D eigenvalue weighted by Crippen LogP contribution is 2.18. The molecular formula is C15H28N4O. The lowest BCUT2D eigenvalue weighted by Crippen LogP contribution is -2.33. The summed E-state index contributed by atoms with van der Waals surface area (Å²) in [4.78, 5) is 4.38. The molecule has 2 unspecified atom stereocenters. The molecule has 1 N–H and O–H groups in total. The van der Waals surface area contributed by atoms with E-state index in [4.69, 9.17) is 4.74 Å². The largest absolute Gasteiger partial charge is 0.378 e. The van der Waals surface area contributed by atoms with Gasteiger partial charge in [-0.05, 0) is 45.6 Å². The van der Waals surface area contributed by atoms with Crippen LogP contribution < -0.4 is 5.32 Å².